The van der Waals surface area contributed by atoms with Crippen LogP contribution in [0.1, 0.15) is 19.8 Å². The quantitative estimate of drug-likeness (QED) is 0.638. The molecule has 1 aromatic carbocycles. The zero-order valence-electron chi connectivity index (χ0n) is 13.7. The molecule has 3 N–H and O–H groups in total. The van der Waals surface area contributed by atoms with Gasteiger partial charge in [0.15, 0.2) is 0 Å². The van der Waals surface area contributed by atoms with Crippen molar-refractivity contribution in [2.75, 3.05) is 17.2 Å². The van der Waals surface area contributed by atoms with Gasteiger partial charge in [-0.3, -0.25) is 9.89 Å². The molecule has 3 aromatic rings. The molecule has 8 nitrogen and oxygen atoms in total. The molecule has 0 saturated heterocycles. The summed E-state index contributed by atoms with van der Waals surface area (Å²) in [4.78, 5) is 20.2. The number of carbonyl (C=O) groups is 1. The SMILES string of the molecule is CCOc1cc2[nH]ncc2cc1Nc1cc(NC(=O)C2CC2)ncn1. The number of nitrogens with one attached hydrogen (secondary N) is 3. The number of H-pyrrole nitrogens is 1. The van der Waals surface area contributed by atoms with Crippen molar-refractivity contribution in [3.8, 4) is 5.75 Å². The summed E-state index contributed by atoms with van der Waals surface area (Å²) in [6.07, 6.45) is 5.06. The number of anilines is 3. The zero-order chi connectivity index (χ0) is 17.2. The molecule has 1 aliphatic carbocycles. The van der Waals surface area contributed by atoms with Gasteiger partial charge in [-0.1, -0.05) is 0 Å². The van der Waals surface area contributed by atoms with Crippen molar-refractivity contribution in [3.05, 3.63) is 30.7 Å². The fraction of sp³-hybridized carbons (Fsp3) is 0.294. The molecule has 2 aromatic heterocycles. The minimum atomic E-state index is 0.0134. The van der Waals surface area contributed by atoms with Crippen LogP contribution in [0.2, 0.25) is 0 Å². The molecule has 1 aliphatic rings. The fourth-order valence-electron chi connectivity index (χ4n) is 2.55. The Balaban J connectivity index is 1.59. The van der Waals surface area contributed by atoms with E-state index in [9.17, 15) is 4.79 Å². The summed E-state index contributed by atoms with van der Waals surface area (Å²) in [5.41, 5.74) is 1.67. The smallest absolute Gasteiger partial charge is 0.228 e. The van der Waals surface area contributed by atoms with Crippen LogP contribution in [0.25, 0.3) is 10.9 Å². The van der Waals surface area contributed by atoms with Gasteiger partial charge in [-0.25, -0.2) is 9.97 Å². The van der Waals surface area contributed by atoms with Gasteiger partial charge in [0.25, 0.3) is 0 Å². The fourth-order valence-corrected chi connectivity index (χ4v) is 2.55. The number of hydrogen-bond acceptors (Lipinski definition) is 6. The molecule has 8 heteroatoms. The summed E-state index contributed by atoms with van der Waals surface area (Å²) in [5, 5.41) is 14.0. The highest BCUT2D eigenvalue weighted by atomic mass is 16.5. The highest BCUT2D eigenvalue weighted by Gasteiger charge is 2.29. The lowest BCUT2D eigenvalue weighted by Gasteiger charge is -2.13. The van der Waals surface area contributed by atoms with E-state index < -0.39 is 0 Å². The molecule has 0 bridgehead atoms. The van der Waals surface area contributed by atoms with E-state index >= 15 is 0 Å². The highest BCUT2D eigenvalue weighted by molar-refractivity contribution is 5.93. The Kier molecular flexibility index (Phi) is 3.93. The number of fused-ring (bicyclic) bond motifs is 1. The summed E-state index contributed by atoms with van der Waals surface area (Å²) in [5.74, 6) is 1.89. The maximum Gasteiger partial charge on any atom is 0.228 e. The van der Waals surface area contributed by atoms with Crippen LogP contribution in [0, 0.1) is 5.92 Å². The molecule has 0 radical (unpaired) electrons. The number of hydrogen-bond donors (Lipinski definition) is 3. The third kappa shape index (κ3) is 3.37. The minimum absolute atomic E-state index is 0.0134. The van der Waals surface area contributed by atoms with Crippen LogP contribution < -0.4 is 15.4 Å². The van der Waals surface area contributed by atoms with Gasteiger partial charge in [0.05, 0.1) is 24.0 Å². The Labute approximate surface area is 144 Å². The van der Waals surface area contributed by atoms with Crippen LogP contribution in [0.15, 0.2) is 30.7 Å². The number of amides is 1. The van der Waals surface area contributed by atoms with Crippen molar-refractivity contribution >= 4 is 34.1 Å². The number of rotatable bonds is 6. The predicted molar refractivity (Wildman–Crippen MR) is 93.9 cm³/mol. The topological polar surface area (TPSA) is 105 Å². The molecule has 0 aliphatic heterocycles. The standard InChI is InChI=1S/C17H18N6O2/c1-2-25-14-6-12-11(8-20-23-12)5-13(14)21-15-7-16(19-9-18-15)22-17(24)10-3-4-10/h5-10H,2-4H2,1H3,(H,20,23)(H2,18,19,21,22,24). The number of nitrogens with zero attached hydrogens (tertiary/aromatic N) is 3. The molecule has 0 spiro atoms. The number of aromatic amines is 1. The summed E-state index contributed by atoms with van der Waals surface area (Å²) >= 11 is 0. The monoisotopic (exact) mass is 338 g/mol. The van der Waals surface area contributed by atoms with Gasteiger partial charge in [-0.05, 0) is 25.8 Å². The molecular formula is C17H18N6O2. The first-order chi connectivity index (χ1) is 12.2. The van der Waals surface area contributed by atoms with Crippen LogP contribution >= 0.6 is 0 Å². The summed E-state index contributed by atoms with van der Waals surface area (Å²) in [6.45, 7) is 2.47. The minimum Gasteiger partial charge on any atom is -0.492 e. The van der Waals surface area contributed by atoms with Gasteiger partial charge in [-0.2, -0.15) is 5.10 Å². The Hall–Kier alpha value is -3.16. The van der Waals surface area contributed by atoms with Crippen LogP contribution in [-0.2, 0) is 4.79 Å². The van der Waals surface area contributed by atoms with Gasteiger partial charge in [0.1, 0.15) is 23.7 Å². The average Bonchev–Trinajstić information content (AvgIpc) is 3.36. The third-order valence-corrected chi connectivity index (χ3v) is 3.97. The third-order valence-electron chi connectivity index (χ3n) is 3.97. The largest absolute Gasteiger partial charge is 0.492 e. The van der Waals surface area contributed by atoms with Gasteiger partial charge in [-0.15, -0.1) is 0 Å². The first-order valence-electron chi connectivity index (χ1n) is 8.23. The van der Waals surface area contributed by atoms with E-state index in [1.165, 1.54) is 6.33 Å². The second kappa shape index (κ2) is 6.39. The molecule has 1 saturated carbocycles. The summed E-state index contributed by atoms with van der Waals surface area (Å²) in [7, 11) is 0. The lowest BCUT2D eigenvalue weighted by molar-refractivity contribution is -0.117. The zero-order valence-corrected chi connectivity index (χ0v) is 13.7. The molecule has 0 unspecified atom stereocenters. The molecular weight excluding hydrogens is 320 g/mol. The predicted octanol–water partition coefficient (Wildman–Crippen LogP) is 2.84. The molecule has 25 heavy (non-hydrogen) atoms. The van der Waals surface area contributed by atoms with Crippen molar-refractivity contribution < 1.29 is 9.53 Å². The van der Waals surface area contributed by atoms with Crippen molar-refractivity contribution in [2.24, 2.45) is 5.92 Å². The number of carbonyl (C=O) groups excluding carboxylic acids is 1. The number of ether oxygens (including phenoxy) is 1. The average molecular weight is 338 g/mol. The molecule has 1 amide bonds. The van der Waals surface area contributed by atoms with Crippen LogP contribution in [0.4, 0.5) is 17.3 Å². The van der Waals surface area contributed by atoms with E-state index in [1.807, 2.05) is 19.1 Å². The van der Waals surface area contributed by atoms with Gasteiger partial charge in [0.2, 0.25) is 5.91 Å². The molecule has 1 fully saturated rings. The van der Waals surface area contributed by atoms with E-state index in [0.29, 0.717) is 24.0 Å². The van der Waals surface area contributed by atoms with E-state index in [1.54, 1.807) is 12.3 Å². The second-order valence-corrected chi connectivity index (χ2v) is 5.92. The Morgan fingerprint density at radius 1 is 1.28 bits per heavy atom. The Morgan fingerprint density at radius 2 is 2.12 bits per heavy atom. The lowest BCUT2D eigenvalue weighted by atomic mass is 10.2. The van der Waals surface area contributed by atoms with Crippen LogP contribution in [0.5, 0.6) is 5.75 Å². The normalized spacial score (nSPS) is 13.6. The van der Waals surface area contributed by atoms with Crippen LogP contribution in [-0.4, -0.2) is 32.7 Å². The summed E-state index contributed by atoms with van der Waals surface area (Å²) < 4.78 is 5.70. The highest BCUT2D eigenvalue weighted by Crippen LogP contribution is 2.32. The van der Waals surface area contributed by atoms with Gasteiger partial charge >= 0.3 is 0 Å². The van der Waals surface area contributed by atoms with Gasteiger partial charge < -0.3 is 15.4 Å². The molecule has 0 atom stereocenters. The second-order valence-electron chi connectivity index (χ2n) is 5.92. The lowest BCUT2D eigenvalue weighted by Crippen LogP contribution is -2.14. The Morgan fingerprint density at radius 3 is 2.92 bits per heavy atom. The van der Waals surface area contributed by atoms with Crippen molar-refractivity contribution in [1.82, 2.24) is 20.2 Å². The van der Waals surface area contributed by atoms with Crippen molar-refractivity contribution in [1.29, 1.82) is 0 Å². The van der Waals surface area contributed by atoms with Crippen LogP contribution in [0.3, 0.4) is 0 Å². The molecule has 4 rings (SSSR count). The maximum absolute atomic E-state index is 11.9. The first-order valence-corrected chi connectivity index (χ1v) is 8.23. The maximum atomic E-state index is 11.9. The van der Waals surface area contributed by atoms with Crippen molar-refractivity contribution in [2.45, 2.75) is 19.8 Å². The number of benzene rings is 1. The van der Waals surface area contributed by atoms with E-state index in [2.05, 4.69) is 30.8 Å². The molecule has 128 valence electrons. The van der Waals surface area contributed by atoms with Gasteiger partial charge in [0, 0.05) is 23.4 Å². The van der Waals surface area contributed by atoms with E-state index in [-0.39, 0.29) is 11.8 Å². The number of aromatic nitrogens is 4. The summed E-state index contributed by atoms with van der Waals surface area (Å²) in [6, 6.07) is 5.54. The van der Waals surface area contributed by atoms with E-state index in [0.717, 1.165) is 29.4 Å². The van der Waals surface area contributed by atoms with E-state index in [4.69, 9.17) is 4.74 Å². The molecule has 2 heterocycles. The first kappa shape index (κ1) is 15.4. The Bertz CT molecular complexity index is 918. The van der Waals surface area contributed by atoms with Crippen molar-refractivity contribution in [3.63, 3.8) is 0 Å².